The van der Waals surface area contributed by atoms with Crippen LogP contribution < -0.4 is 10.2 Å². The molecular weight excluding hydrogens is 303 g/mol. The van der Waals surface area contributed by atoms with Crippen LogP contribution in [0.5, 0.6) is 0 Å². The van der Waals surface area contributed by atoms with Crippen LogP contribution in [0, 0.1) is 5.82 Å². The van der Waals surface area contributed by atoms with Crippen LogP contribution in [0.4, 0.5) is 21.5 Å². The monoisotopic (exact) mass is 324 g/mol. The molecule has 1 fully saturated rings. The van der Waals surface area contributed by atoms with E-state index in [1.54, 1.807) is 6.07 Å². The maximum Gasteiger partial charge on any atom is 0.125 e. The summed E-state index contributed by atoms with van der Waals surface area (Å²) in [6, 6.07) is 15.3. The minimum Gasteiger partial charge on any atom is -0.383 e. The molecule has 0 atom stereocenters. The highest BCUT2D eigenvalue weighted by Gasteiger charge is 2.21. The molecule has 1 saturated heterocycles. The van der Waals surface area contributed by atoms with Crippen LogP contribution in [0.25, 0.3) is 0 Å². The van der Waals surface area contributed by atoms with E-state index >= 15 is 0 Å². The van der Waals surface area contributed by atoms with Gasteiger partial charge in [-0.05, 0) is 24.3 Å². The van der Waals surface area contributed by atoms with Crippen LogP contribution in [0.2, 0.25) is 0 Å². The standard InChI is InChI=1S/C19H21FN4/c20-15-6-7-17-18(14-15)22-19(8-9-21-17)24-12-10-23(11-13-24)16-4-2-1-3-5-16/h1-7,14,21H,8-13H2. The summed E-state index contributed by atoms with van der Waals surface area (Å²) in [5.74, 6) is 0.814. The van der Waals surface area contributed by atoms with E-state index in [4.69, 9.17) is 4.99 Å². The first-order chi connectivity index (χ1) is 11.8. The van der Waals surface area contributed by atoms with Crippen molar-refractivity contribution >= 4 is 22.9 Å². The molecule has 1 N–H and O–H groups in total. The van der Waals surface area contributed by atoms with Crippen LogP contribution in [0.15, 0.2) is 53.5 Å². The Bertz CT molecular complexity index is 736. The fourth-order valence-electron chi connectivity index (χ4n) is 3.34. The van der Waals surface area contributed by atoms with E-state index in [2.05, 4.69) is 39.4 Å². The van der Waals surface area contributed by atoms with Crippen molar-refractivity contribution in [3.8, 4) is 0 Å². The molecule has 0 aliphatic carbocycles. The molecule has 5 heteroatoms. The number of hydrogen-bond acceptors (Lipinski definition) is 4. The second-order valence-corrected chi connectivity index (χ2v) is 6.18. The lowest BCUT2D eigenvalue weighted by atomic mass is 10.2. The van der Waals surface area contributed by atoms with E-state index in [9.17, 15) is 4.39 Å². The molecule has 0 spiro atoms. The van der Waals surface area contributed by atoms with Crippen molar-refractivity contribution in [1.29, 1.82) is 0 Å². The lowest BCUT2D eigenvalue weighted by Crippen LogP contribution is -2.49. The topological polar surface area (TPSA) is 30.9 Å². The Morgan fingerprint density at radius 2 is 1.67 bits per heavy atom. The molecule has 2 aliphatic heterocycles. The first kappa shape index (κ1) is 15.0. The Balaban J connectivity index is 1.49. The smallest absolute Gasteiger partial charge is 0.125 e. The van der Waals surface area contributed by atoms with E-state index in [1.807, 2.05) is 6.07 Å². The number of fused-ring (bicyclic) bond motifs is 1. The summed E-state index contributed by atoms with van der Waals surface area (Å²) in [7, 11) is 0. The first-order valence-corrected chi connectivity index (χ1v) is 8.45. The van der Waals surface area contributed by atoms with Crippen molar-refractivity contribution in [2.75, 3.05) is 42.9 Å². The van der Waals surface area contributed by atoms with E-state index in [-0.39, 0.29) is 5.82 Å². The van der Waals surface area contributed by atoms with Gasteiger partial charge in [-0.2, -0.15) is 0 Å². The van der Waals surface area contributed by atoms with Gasteiger partial charge in [0.25, 0.3) is 0 Å². The van der Waals surface area contributed by atoms with Crippen LogP contribution in [0.3, 0.4) is 0 Å². The molecule has 0 bridgehead atoms. The Hall–Kier alpha value is -2.56. The van der Waals surface area contributed by atoms with Crippen molar-refractivity contribution in [3.05, 3.63) is 54.3 Å². The fourth-order valence-corrected chi connectivity index (χ4v) is 3.34. The van der Waals surface area contributed by atoms with E-state index < -0.39 is 0 Å². The number of benzene rings is 2. The van der Waals surface area contributed by atoms with Crippen molar-refractivity contribution < 1.29 is 4.39 Å². The zero-order valence-corrected chi connectivity index (χ0v) is 13.6. The van der Waals surface area contributed by atoms with Crippen LogP contribution >= 0.6 is 0 Å². The van der Waals surface area contributed by atoms with Gasteiger partial charge in [-0.25, -0.2) is 9.38 Å². The summed E-state index contributed by atoms with van der Waals surface area (Å²) in [5.41, 5.74) is 2.89. The predicted octanol–water partition coefficient (Wildman–Crippen LogP) is 3.49. The van der Waals surface area contributed by atoms with E-state index in [1.165, 1.54) is 17.8 Å². The van der Waals surface area contributed by atoms with Crippen molar-refractivity contribution in [2.24, 2.45) is 4.99 Å². The molecule has 2 heterocycles. The van der Waals surface area contributed by atoms with Gasteiger partial charge in [-0.1, -0.05) is 18.2 Å². The normalized spacial score (nSPS) is 17.6. The van der Waals surface area contributed by atoms with E-state index in [0.717, 1.165) is 50.7 Å². The SMILES string of the molecule is Fc1ccc2c(c1)N=C(N1CCN(c3ccccc3)CC1)CCN2. The molecule has 4 nitrogen and oxygen atoms in total. The summed E-state index contributed by atoms with van der Waals surface area (Å²) in [6.07, 6.45) is 0.863. The number of rotatable bonds is 1. The Kier molecular flexibility index (Phi) is 4.07. The maximum atomic E-state index is 13.5. The Morgan fingerprint density at radius 3 is 2.46 bits per heavy atom. The summed E-state index contributed by atoms with van der Waals surface area (Å²) >= 11 is 0. The van der Waals surface area contributed by atoms with Gasteiger partial charge in [0.2, 0.25) is 0 Å². The largest absolute Gasteiger partial charge is 0.383 e. The van der Waals surface area contributed by atoms with Crippen LogP contribution in [-0.4, -0.2) is 43.5 Å². The third-order valence-corrected chi connectivity index (χ3v) is 4.64. The van der Waals surface area contributed by atoms with Gasteiger partial charge in [0.15, 0.2) is 0 Å². The van der Waals surface area contributed by atoms with Gasteiger partial charge in [0, 0.05) is 50.9 Å². The highest BCUT2D eigenvalue weighted by atomic mass is 19.1. The number of nitrogens with one attached hydrogen (secondary N) is 1. The van der Waals surface area contributed by atoms with Crippen molar-refractivity contribution in [1.82, 2.24) is 4.90 Å². The second kappa shape index (κ2) is 6.51. The molecule has 4 rings (SSSR count). The molecule has 2 aliphatic rings. The van der Waals surface area contributed by atoms with Gasteiger partial charge in [0.1, 0.15) is 11.7 Å². The highest BCUT2D eigenvalue weighted by molar-refractivity contribution is 5.89. The highest BCUT2D eigenvalue weighted by Crippen LogP contribution is 2.29. The number of amidine groups is 1. The van der Waals surface area contributed by atoms with Crippen molar-refractivity contribution in [3.63, 3.8) is 0 Å². The lowest BCUT2D eigenvalue weighted by molar-refractivity contribution is 0.380. The molecule has 0 radical (unpaired) electrons. The van der Waals surface area contributed by atoms with Gasteiger partial charge in [-0.15, -0.1) is 0 Å². The molecule has 0 saturated carbocycles. The molecular formula is C19H21FN4. The third-order valence-electron chi connectivity index (χ3n) is 4.64. The Morgan fingerprint density at radius 1 is 0.917 bits per heavy atom. The number of piperazine rings is 1. The second-order valence-electron chi connectivity index (χ2n) is 6.18. The number of aliphatic imine (C=N–C) groups is 1. The van der Waals surface area contributed by atoms with Gasteiger partial charge >= 0.3 is 0 Å². The zero-order chi connectivity index (χ0) is 16.4. The molecule has 0 amide bonds. The predicted molar refractivity (Wildman–Crippen MR) is 96.8 cm³/mol. The number of halogens is 1. The van der Waals surface area contributed by atoms with Crippen molar-refractivity contribution in [2.45, 2.75) is 6.42 Å². The first-order valence-electron chi connectivity index (χ1n) is 8.45. The van der Waals surface area contributed by atoms with Crippen LogP contribution in [-0.2, 0) is 0 Å². The van der Waals surface area contributed by atoms with Gasteiger partial charge in [0.05, 0.1) is 11.4 Å². The zero-order valence-electron chi connectivity index (χ0n) is 13.6. The average molecular weight is 324 g/mol. The maximum absolute atomic E-state index is 13.5. The molecule has 0 aromatic heterocycles. The minimum absolute atomic E-state index is 0.241. The number of para-hydroxylation sites is 1. The quantitative estimate of drug-likeness (QED) is 0.871. The number of nitrogens with zero attached hydrogens (tertiary/aromatic N) is 3. The van der Waals surface area contributed by atoms with Gasteiger partial charge < -0.3 is 15.1 Å². The molecule has 2 aromatic rings. The molecule has 124 valence electrons. The summed E-state index contributed by atoms with van der Waals surface area (Å²) in [5, 5.41) is 3.34. The fraction of sp³-hybridized carbons (Fsp3) is 0.316. The minimum atomic E-state index is -0.241. The Labute approximate surface area is 141 Å². The molecule has 24 heavy (non-hydrogen) atoms. The average Bonchev–Trinajstić information content (AvgIpc) is 2.84. The third kappa shape index (κ3) is 3.07. The van der Waals surface area contributed by atoms with Crippen LogP contribution in [0.1, 0.15) is 6.42 Å². The summed E-state index contributed by atoms with van der Waals surface area (Å²) in [4.78, 5) is 9.48. The molecule has 2 aromatic carbocycles. The lowest BCUT2D eigenvalue weighted by Gasteiger charge is -2.37. The number of hydrogen-bond donors (Lipinski definition) is 1. The number of anilines is 2. The molecule has 0 unspecified atom stereocenters. The van der Waals surface area contributed by atoms with Gasteiger partial charge in [-0.3, -0.25) is 0 Å². The summed E-state index contributed by atoms with van der Waals surface area (Å²) in [6.45, 7) is 4.67. The summed E-state index contributed by atoms with van der Waals surface area (Å²) < 4.78 is 13.5. The van der Waals surface area contributed by atoms with E-state index in [0.29, 0.717) is 5.69 Å².